The highest BCUT2D eigenvalue weighted by Crippen LogP contribution is 2.35. The molecule has 0 bridgehead atoms. The largest absolute Gasteiger partial charge is 0.311 e. The van der Waals surface area contributed by atoms with Gasteiger partial charge < -0.3 is 4.90 Å². The number of nitrogens with zero attached hydrogens (tertiary/aromatic N) is 5. The maximum absolute atomic E-state index is 9.32. The Hall–Kier alpha value is -5.10. The summed E-state index contributed by atoms with van der Waals surface area (Å²) in [5.74, 6) is 0. The highest BCUT2D eigenvalue weighted by molar-refractivity contribution is 5.85. The number of nitriles is 4. The predicted octanol–water partition coefficient (Wildman–Crippen LogP) is 5.93. The van der Waals surface area contributed by atoms with Gasteiger partial charge in [0.2, 0.25) is 0 Å². The lowest BCUT2D eigenvalue weighted by molar-refractivity contribution is 1.28. The molecule has 31 heavy (non-hydrogen) atoms. The van der Waals surface area contributed by atoms with Gasteiger partial charge in [-0.05, 0) is 48.0 Å². The average molecular weight is 397 g/mol. The molecule has 0 N–H and O–H groups in total. The Morgan fingerprint density at radius 2 is 1.03 bits per heavy atom. The van der Waals surface area contributed by atoms with E-state index in [4.69, 9.17) is 10.5 Å². The van der Waals surface area contributed by atoms with Gasteiger partial charge >= 0.3 is 0 Å². The molecule has 0 heterocycles. The lowest BCUT2D eigenvalue weighted by Crippen LogP contribution is -2.09. The molecular formula is C26H15N5. The first-order valence-corrected chi connectivity index (χ1v) is 9.29. The molecule has 5 heteroatoms. The summed E-state index contributed by atoms with van der Waals surface area (Å²) in [6.45, 7) is 0. The van der Waals surface area contributed by atoms with Crippen molar-refractivity contribution in [3.63, 3.8) is 0 Å². The van der Waals surface area contributed by atoms with E-state index in [1.807, 2.05) is 84.9 Å². The van der Waals surface area contributed by atoms with E-state index in [-0.39, 0.29) is 16.7 Å². The molecule has 0 saturated carbocycles. The second-order valence-electron chi connectivity index (χ2n) is 6.35. The van der Waals surface area contributed by atoms with E-state index in [2.05, 4.69) is 4.90 Å². The minimum atomic E-state index is -0.183. The SMILES string of the molecule is N#CC(C#N)=CC(=C(C#N)C#N)c1ccc(N(c2ccccc2)c2ccccc2)cc1. The fourth-order valence-corrected chi connectivity index (χ4v) is 3.07. The first-order valence-electron chi connectivity index (χ1n) is 9.29. The normalized spacial score (nSPS) is 9.16. The van der Waals surface area contributed by atoms with Crippen molar-refractivity contribution in [3.8, 4) is 24.3 Å². The van der Waals surface area contributed by atoms with Gasteiger partial charge in [0, 0.05) is 22.6 Å². The summed E-state index contributed by atoms with van der Waals surface area (Å²) in [7, 11) is 0. The van der Waals surface area contributed by atoms with Crippen LogP contribution in [0.25, 0.3) is 5.57 Å². The third-order valence-electron chi connectivity index (χ3n) is 4.49. The van der Waals surface area contributed by atoms with Gasteiger partial charge in [0.05, 0.1) is 0 Å². The van der Waals surface area contributed by atoms with Crippen molar-refractivity contribution in [1.82, 2.24) is 0 Å². The van der Waals surface area contributed by atoms with Crippen molar-refractivity contribution in [3.05, 3.63) is 108 Å². The molecule has 0 unspecified atom stereocenters. The lowest BCUT2D eigenvalue weighted by Gasteiger charge is -2.25. The Kier molecular flexibility index (Phi) is 6.59. The van der Waals surface area contributed by atoms with Gasteiger partial charge in [-0.3, -0.25) is 0 Å². The molecule has 0 amide bonds. The van der Waals surface area contributed by atoms with E-state index in [0.717, 1.165) is 17.1 Å². The average Bonchev–Trinajstić information content (AvgIpc) is 2.84. The van der Waals surface area contributed by atoms with Gasteiger partial charge in [-0.1, -0.05) is 48.5 Å². The van der Waals surface area contributed by atoms with E-state index in [1.165, 1.54) is 6.08 Å². The van der Waals surface area contributed by atoms with Crippen LogP contribution in [0.3, 0.4) is 0 Å². The monoisotopic (exact) mass is 397 g/mol. The van der Waals surface area contributed by atoms with Crippen LogP contribution in [0, 0.1) is 45.3 Å². The Bertz CT molecular complexity index is 1220. The third-order valence-corrected chi connectivity index (χ3v) is 4.49. The number of hydrogen-bond acceptors (Lipinski definition) is 5. The molecular weight excluding hydrogens is 382 g/mol. The van der Waals surface area contributed by atoms with E-state index < -0.39 is 0 Å². The van der Waals surface area contributed by atoms with E-state index >= 15 is 0 Å². The molecule has 0 aliphatic rings. The van der Waals surface area contributed by atoms with Crippen LogP contribution < -0.4 is 4.90 Å². The van der Waals surface area contributed by atoms with Crippen molar-refractivity contribution in [2.45, 2.75) is 0 Å². The summed E-state index contributed by atoms with van der Waals surface area (Å²) in [5.41, 5.74) is 3.27. The topological polar surface area (TPSA) is 98.4 Å². The van der Waals surface area contributed by atoms with Gasteiger partial charge in [0.15, 0.2) is 0 Å². The zero-order chi connectivity index (χ0) is 22.1. The van der Waals surface area contributed by atoms with Crippen LogP contribution in [0.4, 0.5) is 17.1 Å². The minimum Gasteiger partial charge on any atom is -0.311 e. The van der Waals surface area contributed by atoms with Crippen LogP contribution in [0.15, 0.2) is 102 Å². The zero-order valence-corrected chi connectivity index (χ0v) is 16.4. The fraction of sp³-hybridized carbons (Fsp3) is 0. The molecule has 0 spiro atoms. The van der Waals surface area contributed by atoms with Crippen molar-refractivity contribution >= 4 is 22.6 Å². The number of benzene rings is 3. The van der Waals surface area contributed by atoms with Crippen molar-refractivity contribution in [2.75, 3.05) is 4.90 Å². The second-order valence-corrected chi connectivity index (χ2v) is 6.35. The first-order chi connectivity index (χ1) is 15.2. The quantitative estimate of drug-likeness (QED) is 0.392. The number of para-hydroxylation sites is 2. The van der Waals surface area contributed by atoms with Crippen LogP contribution in [0.5, 0.6) is 0 Å². The van der Waals surface area contributed by atoms with Crippen LogP contribution in [-0.4, -0.2) is 0 Å². The molecule has 0 aliphatic heterocycles. The van der Waals surface area contributed by atoms with Crippen molar-refractivity contribution in [2.24, 2.45) is 0 Å². The highest BCUT2D eigenvalue weighted by Gasteiger charge is 2.14. The molecule has 0 saturated heterocycles. The van der Waals surface area contributed by atoms with Crippen LogP contribution in [0.2, 0.25) is 0 Å². The lowest BCUT2D eigenvalue weighted by atomic mass is 9.98. The molecule has 3 aromatic carbocycles. The van der Waals surface area contributed by atoms with Crippen LogP contribution in [0.1, 0.15) is 5.56 Å². The molecule has 0 aliphatic carbocycles. The Balaban J connectivity index is 2.12. The molecule has 0 radical (unpaired) electrons. The molecule has 0 atom stereocenters. The van der Waals surface area contributed by atoms with Crippen molar-refractivity contribution < 1.29 is 0 Å². The summed E-state index contributed by atoms with van der Waals surface area (Å²) in [4.78, 5) is 2.08. The third kappa shape index (κ3) is 4.67. The molecule has 0 aromatic heterocycles. The molecule has 3 rings (SSSR count). The maximum atomic E-state index is 9.32. The standard InChI is InChI=1S/C26H15N5/c27-16-20(17-28)15-26(22(18-29)19-30)21-11-13-25(14-12-21)31(23-7-3-1-4-8-23)24-9-5-2-6-10-24/h1-15H. The minimum absolute atomic E-state index is 0.168. The Labute approximate surface area is 180 Å². The summed E-state index contributed by atoms with van der Waals surface area (Å²) in [6.07, 6.45) is 1.27. The summed E-state index contributed by atoms with van der Waals surface area (Å²) < 4.78 is 0. The van der Waals surface area contributed by atoms with E-state index in [0.29, 0.717) is 5.56 Å². The fourth-order valence-electron chi connectivity index (χ4n) is 3.07. The number of hydrogen-bond donors (Lipinski definition) is 0. The van der Waals surface area contributed by atoms with E-state index in [9.17, 15) is 10.5 Å². The summed E-state index contributed by atoms with van der Waals surface area (Å²) in [6, 6.07) is 34.2. The molecule has 5 nitrogen and oxygen atoms in total. The van der Waals surface area contributed by atoms with Crippen LogP contribution >= 0.6 is 0 Å². The highest BCUT2D eigenvalue weighted by atomic mass is 15.1. The van der Waals surface area contributed by atoms with Gasteiger partial charge in [-0.15, -0.1) is 0 Å². The van der Waals surface area contributed by atoms with Crippen molar-refractivity contribution in [1.29, 1.82) is 21.0 Å². The maximum Gasteiger partial charge on any atom is 0.137 e. The molecule has 3 aromatic rings. The second kappa shape index (κ2) is 9.90. The molecule has 0 fully saturated rings. The van der Waals surface area contributed by atoms with Gasteiger partial charge in [0.25, 0.3) is 0 Å². The van der Waals surface area contributed by atoms with Crippen LogP contribution in [-0.2, 0) is 0 Å². The summed E-state index contributed by atoms with van der Waals surface area (Å²) in [5, 5.41) is 36.8. The zero-order valence-electron chi connectivity index (χ0n) is 16.4. The van der Waals surface area contributed by atoms with Gasteiger partial charge in [-0.25, -0.2) is 0 Å². The summed E-state index contributed by atoms with van der Waals surface area (Å²) >= 11 is 0. The number of anilines is 3. The smallest absolute Gasteiger partial charge is 0.137 e. The first kappa shape index (κ1) is 20.6. The predicted molar refractivity (Wildman–Crippen MR) is 119 cm³/mol. The Morgan fingerprint density at radius 1 is 0.581 bits per heavy atom. The van der Waals surface area contributed by atoms with Gasteiger partial charge in [0.1, 0.15) is 35.4 Å². The van der Waals surface area contributed by atoms with Gasteiger partial charge in [-0.2, -0.15) is 21.0 Å². The Morgan fingerprint density at radius 3 is 1.45 bits per heavy atom. The van der Waals surface area contributed by atoms with E-state index in [1.54, 1.807) is 24.3 Å². The molecule has 144 valence electrons. The number of allylic oxidation sites excluding steroid dienone is 4. The number of rotatable bonds is 5.